The molecule has 0 aliphatic heterocycles. The number of rotatable bonds is 4. The third kappa shape index (κ3) is 3.34. The molecule has 0 saturated carbocycles. The lowest BCUT2D eigenvalue weighted by Crippen LogP contribution is -2.34. The van der Waals surface area contributed by atoms with Crippen LogP contribution in [0.1, 0.15) is 12.5 Å². The molecule has 0 radical (unpaired) electrons. The minimum absolute atomic E-state index is 0.435. The van der Waals surface area contributed by atoms with Gasteiger partial charge in [0.15, 0.2) is 9.84 Å². The molecule has 1 aromatic rings. The van der Waals surface area contributed by atoms with Gasteiger partial charge in [0.25, 0.3) is 0 Å². The molecule has 0 saturated heterocycles. The van der Waals surface area contributed by atoms with Crippen LogP contribution in [0.4, 0.5) is 5.69 Å². The molecule has 1 rings (SSSR count). The molecule has 18 heavy (non-hydrogen) atoms. The average Bonchev–Trinajstić information content (AvgIpc) is 2.31. The van der Waals surface area contributed by atoms with E-state index < -0.39 is 26.7 Å². The molecular formula is C13H15NO3S. The molecule has 96 valence electrons. The van der Waals surface area contributed by atoms with E-state index in [-0.39, 0.29) is 0 Å². The van der Waals surface area contributed by atoms with Crippen molar-refractivity contribution in [3.8, 4) is 12.3 Å². The van der Waals surface area contributed by atoms with E-state index in [9.17, 15) is 13.2 Å². The van der Waals surface area contributed by atoms with E-state index >= 15 is 0 Å². The number of anilines is 1. The van der Waals surface area contributed by atoms with Crippen molar-refractivity contribution in [3.05, 3.63) is 29.8 Å². The number of para-hydroxylation sites is 1. The summed E-state index contributed by atoms with van der Waals surface area (Å²) in [4.78, 5) is 11.8. The van der Waals surface area contributed by atoms with Crippen LogP contribution in [-0.4, -0.2) is 25.3 Å². The third-order valence-electron chi connectivity index (χ3n) is 2.60. The minimum Gasteiger partial charge on any atom is -0.325 e. The standard InChI is InChI=1S/C13H15NO3S/c1-4-9-18(16,17)11(3)13(15)14-12-8-6-5-7-10(12)2/h1,5-8,11H,9H2,2-3H3,(H,14,15). The maximum atomic E-state index is 11.8. The fraction of sp³-hybridized carbons (Fsp3) is 0.308. The van der Waals surface area contributed by atoms with Gasteiger partial charge in [-0.15, -0.1) is 6.42 Å². The molecule has 0 aromatic heterocycles. The monoisotopic (exact) mass is 265 g/mol. The third-order valence-corrected chi connectivity index (χ3v) is 4.46. The van der Waals surface area contributed by atoms with E-state index in [1.165, 1.54) is 6.92 Å². The number of hydrogen-bond donors (Lipinski definition) is 1. The molecule has 0 fully saturated rings. The summed E-state index contributed by atoms with van der Waals surface area (Å²) in [5.74, 6) is 1.05. The lowest BCUT2D eigenvalue weighted by Gasteiger charge is -2.13. The van der Waals surface area contributed by atoms with Gasteiger partial charge in [-0.2, -0.15) is 0 Å². The van der Waals surface area contributed by atoms with Gasteiger partial charge in [-0.1, -0.05) is 24.1 Å². The molecule has 0 bridgehead atoms. The summed E-state index contributed by atoms with van der Waals surface area (Å²) in [5.41, 5.74) is 1.47. The second-order valence-electron chi connectivity index (χ2n) is 3.96. The summed E-state index contributed by atoms with van der Waals surface area (Å²) in [6, 6.07) is 7.15. The molecule has 0 aliphatic carbocycles. The zero-order valence-corrected chi connectivity index (χ0v) is 11.1. The smallest absolute Gasteiger partial charge is 0.242 e. The first-order chi connectivity index (χ1) is 8.38. The van der Waals surface area contributed by atoms with E-state index in [4.69, 9.17) is 6.42 Å². The Kier molecular flexibility index (Phi) is 4.51. The van der Waals surface area contributed by atoms with Crippen molar-refractivity contribution in [1.29, 1.82) is 0 Å². The van der Waals surface area contributed by atoms with Gasteiger partial charge in [0.05, 0.1) is 0 Å². The van der Waals surface area contributed by atoms with E-state index in [0.717, 1.165) is 5.56 Å². The number of carbonyl (C=O) groups excluding carboxylic acids is 1. The molecule has 1 atom stereocenters. The summed E-state index contributed by atoms with van der Waals surface area (Å²) in [6.45, 7) is 3.16. The van der Waals surface area contributed by atoms with Crippen molar-refractivity contribution in [2.45, 2.75) is 19.1 Å². The zero-order valence-electron chi connectivity index (χ0n) is 10.3. The SMILES string of the molecule is C#CCS(=O)(=O)C(C)C(=O)Nc1ccccc1C. The Labute approximate surface area is 107 Å². The Hall–Kier alpha value is -1.80. The van der Waals surface area contributed by atoms with Crippen molar-refractivity contribution in [3.63, 3.8) is 0 Å². The maximum absolute atomic E-state index is 11.8. The summed E-state index contributed by atoms with van der Waals surface area (Å²) >= 11 is 0. The Bertz CT molecular complexity index is 584. The highest BCUT2D eigenvalue weighted by Crippen LogP contribution is 2.14. The molecule has 0 aliphatic rings. The molecule has 1 aromatic carbocycles. The fourth-order valence-electron chi connectivity index (χ4n) is 1.35. The van der Waals surface area contributed by atoms with Gasteiger partial charge in [-0.05, 0) is 25.5 Å². The summed E-state index contributed by atoms with van der Waals surface area (Å²) in [5, 5.41) is 1.43. The number of nitrogens with one attached hydrogen (secondary N) is 1. The van der Waals surface area contributed by atoms with E-state index in [1.54, 1.807) is 12.1 Å². The molecule has 4 nitrogen and oxygen atoms in total. The highest BCUT2D eigenvalue weighted by Gasteiger charge is 2.27. The molecule has 0 spiro atoms. The van der Waals surface area contributed by atoms with Crippen LogP contribution in [-0.2, 0) is 14.6 Å². The average molecular weight is 265 g/mol. The number of sulfone groups is 1. The Morgan fingerprint density at radius 2 is 2.06 bits per heavy atom. The van der Waals surface area contributed by atoms with E-state index in [0.29, 0.717) is 5.69 Å². The molecular weight excluding hydrogens is 250 g/mol. The lowest BCUT2D eigenvalue weighted by molar-refractivity contribution is -0.115. The Morgan fingerprint density at radius 1 is 1.44 bits per heavy atom. The molecule has 1 N–H and O–H groups in total. The van der Waals surface area contributed by atoms with Crippen molar-refractivity contribution >= 4 is 21.4 Å². The Balaban J connectivity index is 2.85. The Morgan fingerprint density at radius 3 is 2.61 bits per heavy atom. The van der Waals surface area contributed by atoms with Gasteiger partial charge in [0.1, 0.15) is 11.0 Å². The van der Waals surface area contributed by atoms with Crippen LogP contribution < -0.4 is 5.32 Å². The van der Waals surface area contributed by atoms with Crippen LogP contribution >= 0.6 is 0 Å². The highest BCUT2D eigenvalue weighted by atomic mass is 32.2. The molecule has 1 amide bonds. The quantitative estimate of drug-likeness (QED) is 0.836. The number of amides is 1. The van der Waals surface area contributed by atoms with Gasteiger partial charge in [0, 0.05) is 5.69 Å². The largest absolute Gasteiger partial charge is 0.325 e. The maximum Gasteiger partial charge on any atom is 0.242 e. The number of hydrogen-bond acceptors (Lipinski definition) is 3. The van der Waals surface area contributed by atoms with Crippen LogP contribution in [0.2, 0.25) is 0 Å². The molecule has 0 heterocycles. The van der Waals surface area contributed by atoms with Crippen LogP contribution in [0, 0.1) is 19.3 Å². The fourth-order valence-corrected chi connectivity index (χ4v) is 2.22. The topological polar surface area (TPSA) is 63.2 Å². The second kappa shape index (κ2) is 5.69. The second-order valence-corrected chi connectivity index (χ2v) is 6.28. The normalized spacial score (nSPS) is 12.5. The summed E-state index contributed by atoms with van der Waals surface area (Å²) < 4.78 is 23.3. The number of aryl methyl sites for hydroxylation is 1. The highest BCUT2D eigenvalue weighted by molar-refractivity contribution is 7.93. The van der Waals surface area contributed by atoms with Crippen LogP contribution in [0.3, 0.4) is 0 Å². The van der Waals surface area contributed by atoms with Crippen LogP contribution in [0.5, 0.6) is 0 Å². The number of terminal acetylenes is 1. The first kappa shape index (κ1) is 14.3. The molecule has 5 heteroatoms. The van der Waals surface area contributed by atoms with Crippen molar-refractivity contribution in [2.75, 3.05) is 11.1 Å². The van der Waals surface area contributed by atoms with Crippen molar-refractivity contribution in [2.24, 2.45) is 0 Å². The first-order valence-corrected chi connectivity index (χ1v) is 7.11. The van der Waals surface area contributed by atoms with E-state index in [1.807, 2.05) is 19.1 Å². The molecule has 1 unspecified atom stereocenters. The van der Waals surface area contributed by atoms with Crippen LogP contribution in [0.15, 0.2) is 24.3 Å². The minimum atomic E-state index is -3.59. The van der Waals surface area contributed by atoms with Gasteiger partial charge in [-0.25, -0.2) is 8.42 Å². The van der Waals surface area contributed by atoms with Gasteiger partial charge >= 0.3 is 0 Å². The van der Waals surface area contributed by atoms with Gasteiger partial charge < -0.3 is 5.32 Å². The predicted octanol–water partition coefficient (Wildman–Crippen LogP) is 1.37. The first-order valence-electron chi connectivity index (χ1n) is 5.40. The predicted molar refractivity (Wildman–Crippen MR) is 71.9 cm³/mol. The van der Waals surface area contributed by atoms with Crippen LogP contribution in [0.25, 0.3) is 0 Å². The summed E-state index contributed by atoms with van der Waals surface area (Å²) in [7, 11) is -3.59. The van der Waals surface area contributed by atoms with Gasteiger partial charge in [-0.3, -0.25) is 4.79 Å². The number of benzene rings is 1. The lowest BCUT2D eigenvalue weighted by atomic mass is 10.2. The van der Waals surface area contributed by atoms with Gasteiger partial charge in [0.2, 0.25) is 5.91 Å². The van der Waals surface area contributed by atoms with Crippen molar-refractivity contribution in [1.82, 2.24) is 0 Å². The zero-order chi connectivity index (χ0) is 13.8. The van der Waals surface area contributed by atoms with E-state index in [2.05, 4.69) is 11.2 Å². The number of carbonyl (C=O) groups is 1. The summed E-state index contributed by atoms with van der Waals surface area (Å²) in [6.07, 6.45) is 4.97. The van der Waals surface area contributed by atoms with Crippen molar-refractivity contribution < 1.29 is 13.2 Å².